The van der Waals surface area contributed by atoms with Gasteiger partial charge in [-0.15, -0.1) is 0 Å². The first-order valence-electron chi connectivity index (χ1n) is 12.4. The number of nitrogens with zero attached hydrogens (tertiary/aromatic N) is 2. The predicted molar refractivity (Wildman–Crippen MR) is 138 cm³/mol. The number of aromatic nitrogens is 2. The van der Waals surface area contributed by atoms with Gasteiger partial charge in [0.1, 0.15) is 5.82 Å². The first-order valence-corrected chi connectivity index (χ1v) is 12.4. The molecule has 7 heteroatoms. The molecule has 0 saturated heterocycles. The van der Waals surface area contributed by atoms with E-state index in [0.717, 1.165) is 48.3 Å². The van der Waals surface area contributed by atoms with E-state index in [2.05, 4.69) is 27.4 Å². The number of amides is 2. The molecule has 2 aromatic carbocycles. The Morgan fingerprint density at radius 3 is 2.37 bits per heavy atom. The topological polar surface area (TPSA) is 104 Å². The number of benzene rings is 2. The van der Waals surface area contributed by atoms with E-state index < -0.39 is 0 Å². The van der Waals surface area contributed by atoms with Crippen molar-refractivity contribution in [3.8, 4) is 11.3 Å². The SMILES string of the molecule is CN(C)C(=O)c1ccc(-c2cnc([C@H](Cc3ccccc3)NC(=O)C3CCC(CN)CC3)[nH]2)cc1. The molecule has 7 nitrogen and oxygen atoms in total. The standard InChI is InChI=1S/C28H35N5O2/c1-33(2)28(35)23-14-12-21(13-15-23)25-18-30-26(31-25)24(16-19-6-4-3-5-7-19)32-27(34)22-10-8-20(17-29)9-11-22/h3-7,12-15,18,20,22,24H,8-11,16-17,29H2,1-2H3,(H,30,31)(H,32,34)/t20?,22?,24-/m0/s1. The smallest absolute Gasteiger partial charge is 0.253 e. The van der Waals surface area contributed by atoms with Gasteiger partial charge in [-0.2, -0.15) is 0 Å². The fraction of sp³-hybridized carbons (Fsp3) is 0.393. The Kier molecular flexibility index (Phi) is 7.98. The normalized spacial score (nSPS) is 18.6. The third kappa shape index (κ3) is 6.17. The molecule has 4 rings (SSSR count). The van der Waals surface area contributed by atoms with Crippen LogP contribution in [0.15, 0.2) is 60.8 Å². The number of nitrogens with two attached hydrogens (primary N) is 1. The molecule has 1 heterocycles. The maximum Gasteiger partial charge on any atom is 0.253 e. The average molecular weight is 474 g/mol. The molecule has 1 atom stereocenters. The van der Waals surface area contributed by atoms with Gasteiger partial charge < -0.3 is 20.9 Å². The molecule has 0 aliphatic heterocycles. The second-order valence-corrected chi connectivity index (χ2v) is 9.66. The molecular formula is C28H35N5O2. The molecule has 3 aromatic rings. The van der Waals surface area contributed by atoms with Gasteiger partial charge in [-0.05, 0) is 67.8 Å². The van der Waals surface area contributed by atoms with Crippen molar-refractivity contribution in [2.75, 3.05) is 20.6 Å². The largest absolute Gasteiger partial charge is 0.346 e. The molecule has 1 aliphatic carbocycles. The van der Waals surface area contributed by atoms with Crippen molar-refractivity contribution in [1.82, 2.24) is 20.2 Å². The predicted octanol–water partition coefficient (Wildman–Crippen LogP) is 3.94. The highest BCUT2D eigenvalue weighted by atomic mass is 16.2. The first kappa shape index (κ1) is 24.7. The molecule has 1 saturated carbocycles. The molecule has 184 valence electrons. The Hall–Kier alpha value is -3.45. The molecule has 2 amide bonds. The number of hydrogen-bond donors (Lipinski definition) is 3. The lowest BCUT2D eigenvalue weighted by Gasteiger charge is -2.28. The molecule has 0 unspecified atom stereocenters. The van der Waals surface area contributed by atoms with Crippen LogP contribution in [0.25, 0.3) is 11.3 Å². The third-order valence-corrected chi connectivity index (χ3v) is 6.92. The Balaban J connectivity index is 1.51. The summed E-state index contributed by atoms with van der Waals surface area (Å²) >= 11 is 0. The molecule has 0 radical (unpaired) electrons. The molecular weight excluding hydrogens is 438 g/mol. The molecule has 1 fully saturated rings. The van der Waals surface area contributed by atoms with Crippen molar-refractivity contribution in [2.45, 2.75) is 38.1 Å². The van der Waals surface area contributed by atoms with Crippen LogP contribution in [0, 0.1) is 11.8 Å². The zero-order chi connectivity index (χ0) is 24.8. The van der Waals surface area contributed by atoms with E-state index in [0.29, 0.717) is 24.4 Å². The van der Waals surface area contributed by atoms with Crippen LogP contribution in [-0.4, -0.2) is 47.3 Å². The van der Waals surface area contributed by atoms with Crippen LogP contribution in [-0.2, 0) is 11.2 Å². The van der Waals surface area contributed by atoms with Crippen molar-refractivity contribution in [2.24, 2.45) is 17.6 Å². The quantitative estimate of drug-likeness (QED) is 0.461. The van der Waals surface area contributed by atoms with Gasteiger partial charge in [-0.3, -0.25) is 9.59 Å². The van der Waals surface area contributed by atoms with E-state index in [4.69, 9.17) is 5.73 Å². The van der Waals surface area contributed by atoms with Crippen LogP contribution < -0.4 is 11.1 Å². The number of imidazole rings is 1. The van der Waals surface area contributed by atoms with Crippen LogP contribution >= 0.6 is 0 Å². The first-order chi connectivity index (χ1) is 16.9. The maximum absolute atomic E-state index is 13.2. The molecule has 1 aliphatic rings. The summed E-state index contributed by atoms with van der Waals surface area (Å²) in [5, 5.41) is 3.27. The number of nitrogens with one attached hydrogen (secondary N) is 2. The van der Waals surface area contributed by atoms with E-state index in [-0.39, 0.29) is 23.8 Å². The minimum atomic E-state index is -0.263. The number of rotatable bonds is 8. The zero-order valence-corrected chi connectivity index (χ0v) is 20.5. The molecule has 0 spiro atoms. The molecule has 35 heavy (non-hydrogen) atoms. The van der Waals surface area contributed by atoms with Gasteiger partial charge in [0, 0.05) is 25.6 Å². The maximum atomic E-state index is 13.2. The van der Waals surface area contributed by atoms with Gasteiger partial charge in [0.05, 0.1) is 17.9 Å². The third-order valence-electron chi connectivity index (χ3n) is 6.92. The van der Waals surface area contributed by atoms with Gasteiger partial charge in [0.2, 0.25) is 5.91 Å². The van der Waals surface area contributed by atoms with E-state index in [1.165, 1.54) is 0 Å². The molecule has 1 aromatic heterocycles. The Morgan fingerprint density at radius 2 is 1.74 bits per heavy atom. The van der Waals surface area contributed by atoms with Crippen LogP contribution in [0.1, 0.15) is 53.5 Å². The second-order valence-electron chi connectivity index (χ2n) is 9.66. The number of hydrogen-bond acceptors (Lipinski definition) is 4. The summed E-state index contributed by atoms with van der Waals surface area (Å²) in [6.45, 7) is 0.699. The van der Waals surface area contributed by atoms with E-state index in [1.807, 2.05) is 42.5 Å². The second kappa shape index (κ2) is 11.3. The van der Waals surface area contributed by atoms with Crippen LogP contribution in [0.4, 0.5) is 0 Å². The fourth-order valence-corrected chi connectivity index (χ4v) is 4.73. The number of carbonyl (C=O) groups excluding carboxylic acids is 2. The summed E-state index contributed by atoms with van der Waals surface area (Å²) in [4.78, 5) is 35.0. The summed E-state index contributed by atoms with van der Waals surface area (Å²) in [5.41, 5.74) is 9.37. The number of carbonyl (C=O) groups is 2. The summed E-state index contributed by atoms with van der Waals surface area (Å²) in [6, 6.07) is 17.3. The van der Waals surface area contributed by atoms with Crippen LogP contribution in [0.5, 0.6) is 0 Å². The highest BCUT2D eigenvalue weighted by Gasteiger charge is 2.28. The summed E-state index contributed by atoms with van der Waals surface area (Å²) in [6.07, 6.45) is 6.22. The van der Waals surface area contributed by atoms with Gasteiger partial charge in [0.25, 0.3) is 5.91 Å². The Morgan fingerprint density at radius 1 is 1.06 bits per heavy atom. The molecule has 4 N–H and O–H groups in total. The lowest BCUT2D eigenvalue weighted by atomic mass is 9.81. The van der Waals surface area contributed by atoms with Crippen molar-refractivity contribution in [3.05, 3.63) is 77.7 Å². The highest BCUT2D eigenvalue weighted by Crippen LogP contribution is 2.29. The fourth-order valence-electron chi connectivity index (χ4n) is 4.73. The van der Waals surface area contributed by atoms with Crippen molar-refractivity contribution in [1.29, 1.82) is 0 Å². The highest BCUT2D eigenvalue weighted by molar-refractivity contribution is 5.94. The lowest BCUT2D eigenvalue weighted by Crippen LogP contribution is -2.37. The average Bonchev–Trinajstić information content (AvgIpc) is 3.39. The van der Waals surface area contributed by atoms with Crippen molar-refractivity contribution < 1.29 is 9.59 Å². The number of aromatic amines is 1. The minimum Gasteiger partial charge on any atom is -0.346 e. The van der Waals surface area contributed by atoms with E-state index in [9.17, 15) is 9.59 Å². The monoisotopic (exact) mass is 473 g/mol. The van der Waals surface area contributed by atoms with Gasteiger partial charge in [-0.25, -0.2) is 4.98 Å². The Bertz CT molecular complexity index is 1120. The van der Waals surface area contributed by atoms with Crippen molar-refractivity contribution in [3.63, 3.8) is 0 Å². The van der Waals surface area contributed by atoms with Crippen molar-refractivity contribution >= 4 is 11.8 Å². The van der Waals surface area contributed by atoms with Crippen LogP contribution in [0.2, 0.25) is 0 Å². The van der Waals surface area contributed by atoms with Gasteiger partial charge in [-0.1, -0.05) is 42.5 Å². The molecule has 0 bridgehead atoms. The lowest BCUT2D eigenvalue weighted by molar-refractivity contribution is -0.127. The zero-order valence-electron chi connectivity index (χ0n) is 20.5. The number of H-pyrrole nitrogens is 1. The Labute approximate surface area is 207 Å². The van der Waals surface area contributed by atoms with Crippen LogP contribution in [0.3, 0.4) is 0 Å². The summed E-state index contributed by atoms with van der Waals surface area (Å²) in [5.74, 6) is 1.33. The minimum absolute atomic E-state index is 0.0206. The van der Waals surface area contributed by atoms with E-state index in [1.54, 1.807) is 25.2 Å². The summed E-state index contributed by atoms with van der Waals surface area (Å²) < 4.78 is 0. The van der Waals surface area contributed by atoms with E-state index >= 15 is 0 Å². The van der Waals surface area contributed by atoms with Gasteiger partial charge >= 0.3 is 0 Å². The van der Waals surface area contributed by atoms with Gasteiger partial charge in [0.15, 0.2) is 0 Å². The summed E-state index contributed by atoms with van der Waals surface area (Å²) in [7, 11) is 3.48.